The molecule has 118 valence electrons. The van der Waals surface area contributed by atoms with Crippen LogP contribution in [0.4, 0.5) is 0 Å². The standard InChI is InChI=1S/C18H16O5/c1-23-18-5-3-2-4-15(18)17(22)11-14(20)10-16(21)12-6-8-13(19)9-7-12/h2-9,19H,10-11H2,1H3. The highest BCUT2D eigenvalue weighted by atomic mass is 16.5. The van der Waals surface area contributed by atoms with Crippen molar-refractivity contribution in [3.8, 4) is 11.5 Å². The number of Topliss-reactive ketones (excluding diaryl/α,β-unsaturated/α-hetero) is 3. The molecule has 1 N–H and O–H groups in total. The molecule has 5 nitrogen and oxygen atoms in total. The molecule has 2 aromatic carbocycles. The number of carbonyl (C=O) groups is 3. The van der Waals surface area contributed by atoms with E-state index < -0.39 is 5.78 Å². The van der Waals surface area contributed by atoms with E-state index in [0.29, 0.717) is 16.9 Å². The molecule has 0 aliphatic heterocycles. The van der Waals surface area contributed by atoms with Gasteiger partial charge in [-0.15, -0.1) is 0 Å². The lowest BCUT2D eigenvalue weighted by atomic mass is 10.00. The number of benzene rings is 2. The third-order valence-corrected chi connectivity index (χ3v) is 3.31. The maximum atomic E-state index is 12.2. The highest BCUT2D eigenvalue weighted by Gasteiger charge is 2.18. The van der Waals surface area contributed by atoms with Crippen molar-refractivity contribution in [3.63, 3.8) is 0 Å². The third-order valence-electron chi connectivity index (χ3n) is 3.31. The zero-order valence-corrected chi connectivity index (χ0v) is 12.6. The van der Waals surface area contributed by atoms with Gasteiger partial charge in [-0.2, -0.15) is 0 Å². The monoisotopic (exact) mass is 312 g/mol. The van der Waals surface area contributed by atoms with Crippen molar-refractivity contribution in [3.05, 3.63) is 59.7 Å². The Balaban J connectivity index is 2.00. The van der Waals surface area contributed by atoms with Gasteiger partial charge in [-0.25, -0.2) is 0 Å². The Morgan fingerprint density at radius 1 is 0.913 bits per heavy atom. The van der Waals surface area contributed by atoms with Crippen LogP contribution in [0.5, 0.6) is 11.5 Å². The van der Waals surface area contributed by atoms with Crippen LogP contribution in [-0.2, 0) is 4.79 Å². The molecule has 0 unspecified atom stereocenters. The average Bonchev–Trinajstić information content (AvgIpc) is 2.55. The van der Waals surface area contributed by atoms with Crippen LogP contribution in [-0.4, -0.2) is 29.6 Å². The molecule has 0 amide bonds. The first-order valence-electron chi connectivity index (χ1n) is 7.01. The van der Waals surface area contributed by atoms with Crippen LogP contribution in [0, 0.1) is 0 Å². The highest BCUT2D eigenvalue weighted by Crippen LogP contribution is 2.19. The minimum Gasteiger partial charge on any atom is -0.508 e. The molecule has 0 saturated carbocycles. The number of carbonyl (C=O) groups excluding carboxylic acids is 3. The fourth-order valence-corrected chi connectivity index (χ4v) is 2.14. The lowest BCUT2D eigenvalue weighted by Gasteiger charge is -2.06. The van der Waals surface area contributed by atoms with Crippen molar-refractivity contribution < 1.29 is 24.2 Å². The number of methoxy groups -OCH3 is 1. The van der Waals surface area contributed by atoms with Crippen molar-refractivity contribution in [1.82, 2.24) is 0 Å². The molecule has 5 heteroatoms. The Bertz CT molecular complexity index is 731. The number of aromatic hydroxyl groups is 1. The predicted octanol–water partition coefficient (Wildman–Crippen LogP) is 2.82. The van der Waals surface area contributed by atoms with Gasteiger partial charge in [0.2, 0.25) is 0 Å². The van der Waals surface area contributed by atoms with Gasteiger partial charge in [0.05, 0.1) is 25.5 Å². The van der Waals surface area contributed by atoms with Gasteiger partial charge in [0.15, 0.2) is 11.6 Å². The number of ketones is 3. The average molecular weight is 312 g/mol. The smallest absolute Gasteiger partial charge is 0.173 e. The summed E-state index contributed by atoms with van der Waals surface area (Å²) < 4.78 is 5.09. The third kappa shape index (κ3) is 4.26. The van der Waals surface area contributed by atoms with Gasteiger partial charge in [0.25, 0.3) is 0 Å². The van der Waals surface area contributed by atoms with E-state index in [-0.39, 0.29) is 30.2 Å². The fraction of sp³-hybridized carbons (Fsp3) is 0.167. The molecule has 0 radical (unpaired) electrons. The molecule has 2 rings (SSSR count). The van der Waals surface area contributed by atoms with E-state index in [2.05, 4.69) is 0 Å². The van der Waals surface area contributed by atoms with Crippen molar-refractivity contribution in [2.45, 2.75) is 12.8 Å². The van der Waals surface area contributed by atoms with E-state index in [4.69, 9.17) is 4.74 Å². The van der Waals surface area contributed by atoms with Crippen molar-refractivity contribution in [2.75, 3.05) is 7.11 Å². The van der Waals surface area contributed by atoms with Crippen molar-refractivity contribution >= 4 is 17.3 Å². The Morgan fingerprint density at radius 2 is 1.52 bits per heavy atom. The van der Waals surface area contributed by atoms with Crippen molar-refractivity contribution in [2.24, 2.45) is 0 Å². The minimum absolute atomic E-state index is 0.0410. The normalized spacial score (nSPS) is 10.1. The first-order valence-corrected chi connectivity index (χ1v) is 7.01. The van der Waals surface area contributed by atoms with Gasteiger partial charge < -0.3 is 9.84 Å². The van der Waals surface area contributed by atoms with Gasteiger partial charge in [0, 0.05) is 5.56 Å². The maximum Gasteiger partial charge on any atom is 0.173 e. The summed E-state index contributed by atoms with van der Waals surface area (Å²) in [5.41, 5.74) is 0.640. The van der Waals surface area contributed by atoms with Gasteiger partial charge in [-0.05, 0) is 36.4 Å². The second-order valence-electron chi connectivity index (χ2n) is 4.99. The molecule has 0 aliphatic rings. The van der Waals surface area contributed by atoms with E-state index in [0.717, 1.165) is 0 Å². The summed E-state index contributed by atoms with van der Waals surface area (Å²) in [7, 11) is 1.45. The van der Waals surface area contributed by atoms with Crippen LogP contribution in [0.25, 0.3) is 0 Å². The molecular weight excluding hydrogens is 296 g/mol. The number of hydrogen-bond acceptors (Lipinski definition) is 5. The first-order chi connectivity index (χ1) is 11.0. The minimum atomic E-state index is -0.459. The number of phenolic OH excluding ortho intramolecular Hbond substituents is 1. The lowest BCUT2D eigenvalue weighted by Crippen LogP contribution is -2.13. The number of hydrogen-bond donors (Lipinski definition) is 1. The molecular formula is C18H16O5. The summed E-state index contributed by atoms with van der Waals surface area (Å²) in [5, 5.41) is 9.18. The molecule has 0 aliphatic carbocycles. The van der Waals surface area contributed by atoms with E-state index in [1.165, 1.54) is 31.4 Å². The molecule has 23 heavy (non-hydrogen) atoms. The summed E-state index contributed by atoms with van der Waals surface area (Å²) in [6.07, 6.45) is -0.712. The molecule has 0 fully saturated rings. The van der Waals surface area contributed by atoms with Gasteiger partial charge >= 0.3 is 0 Å². The Labute approximate surface area is 133 Å². The summed E-state index contributed by atoms with van der Waals surface area (Å²) >= 11 is 0. The molecule has 0 spiro atoms. The van der Waals surface area contributed by atoms with Gasteiger partial charge in [-0.1, -0.05) is 12.1 Å². The topological polar surface area (TPSA) is 80.7 Å². The van der Waals surface area contributed by atoms with Gasteiger partial charge in [0.1, 0.15) is 17.3 Å². The van der Waals surface area contributed by atoms with Gasteiger partial charge in [-0.3, -0.25) is 14.4 Å². The van der Waals surface area contributed by atoms with Crippen LogP contribution in [0.3, 0.4) is 0 Å². The molecule has 0 bridgehead atoms. The SMILES string of the molecule is COc1ccccc1C(=O)CC(=O)CC(=O)c1ccc(O)cc1. The summed E-state index contributed by atoms with van der Waals surface area (Å²) in [5.74, 6) is -0.790. The molecule has 0 atom stereocenters. The molecule has 0 saturated heterocycles. The highest BCUT2D eigenvalue weighted by molar-refractivity contribution is 6.16. The summed E-state index contributed by atoms with van der Waals surface area (Å²) in [6.45, 7) is 0. The van der Waals surface area contributed by atoms with Crippen LogP contribution in [0.15, 0.2) is 48.5 Å². The Kier molecular flexibility index (Phi) is 5.25. The summed E-state index contributed by atoms with van der Waals surface area (Å²) in [4.78, 5) is 36.1. The Morgan fingerprint density at radius 3 is 2.17 bits per heavy atom. The number of ether oxygens (including phenoxy) is 1. The van der Waals surface area contributed by atoms with E-state index in [1.54, 1.807) is 24.3 Å². The Hall–Kier alpha value is -2.95. The zero-order valence-electron chi connectivity index (χ0n) is 12.6. The van der Waals surface area contributed by atoms with E-state index in [9.17, 15) is 19.5 Å². The van der Waals surface area contributed by atoms with Crippen LogP contribution >= 0.6 is 0 Å². The quantitative estimate of drug-likeness (QED) is 0.628. The second-order valence-corrected chi connectivity index (χ2v) is 4.99. The molecule has 2 aromatic rings. The van der Waals surface area contributed by atoms with E-state index >= 15 is 0 Å². The van der Waals surface area contributed by atoms with Crippen LogP contribution in [0.2, 0.25) is 0 Å². The number of rotatable bonds is 7. The van der Waals surface area contributed by atoms with Crippen molar-refractivity contribution in [1.29, 1.82) is 0 Å². The number of phenols is 1. The fourth-order valence-electron chi connectivity index (χ4n) is 2.14. The maximum absolute atomic E-state index is 12.2. The predicted molar refractivity (Wildman–Crippen MR) is 84.0 cm³/mol. The lowest BCUT2D eigenvalue weighted by molar-refractivity contribution is -0.117. The van der Waals surface area contributed by atoms with Crippen LogP contribution in [0.1, 0.15) is 33.6 Å². The zero-order chi connectivity index (χ0) is 16.8. The van der Waals surface area contributed by atoms with E-state index in [1.807, 2.05) is 0 Å². The van der Waals surface area contributed by atoms with Crippen LogP contribution < -0.4 is 4.74 Å². The first kappa shape index (κ1) is 16.4. The summed E-state index contributed by atoms with van der Waals surface area (Å²) in [6, 6.07) is 12.2. The number of para-hydroxylation sites is 1. The second kappa shape index (κ2) is 7.35. The largest absolute Gasteiger partial charge is 0.508 e. The molecule has 0 aromatic heterocycles. The molecule has 0 heterocycles.